The monoisotopic (exact) mass is 305 g/mol. The van der Waals surface area contributed by atoms with Crippen molar-refractivity contribution in [2.24, 2.45) is 0 Å². The number of anilines is 1. The highest BCUT2D eigenvalue weighted by atomic mass is 32.1. The second-order valence-electron chi connectivity index (χ2n) is 4.24. The Kier molecular flexibility index (Phi) is 2.87. The number of nitrogen functional groups attached to an aromatic ring is 1. The molecule has 2 heterocycles. The molecule has 0 saturated heterocycles. The van der Waals surface area contributed by atoms with E-state index in [4.69, 9.17) is 5.73 Å². The Morgan fingerprint density at radius 1 is 1.33 bits per heavy atom. The van der Waals surface area contributed by atoms with E-state index < -0.39 is 22.4 Å². The Balaban J connectivity index is 2.03. The fourth-order valence-electron chi connectivity index (χ4n) is 2.09. The third-order valence-corrected chi connectivity index (χ3v) is 3.66. The number of carbonyl (C=O) groups is 2. The van der Waals surface area contributed by atoms with Crippen LogP contribution in [0, 0.1) is 10.1 Å². The van der Waals surface area contributed by atoms with Crippen LogP contribution < -0.4 is 5.73 Å². The van der Waals surface area contributed by atoms with E-state index in [1.54, 1.807) is 0 Å². The van der Waals surface area contributed by atoms with Gasteiger partial charge < -0.3 is 5.73 Å². The van der Waals surface area contributed by atoms with E-state index in [9.17, 15) is 19.7 Å². The number of nitrogens with zero attached hydrogens (tertiary/aromatic N) is 4. The summed E-state index contributed by atoms with van der Waals surface area (Å²) in [5, 5.41) is 15.0. The van der Waals surface area contributed by atoms with Crippen molar-refractivity contribution in [2.45, 2.75) is 6.54 Å². The molecule has 9 nitrogen and oxygen atoms in total. The van der Waals surface area contributed by atoms with Crippen LogP contribution in [0.5, 0.6) is 0 Å². The van der Waals surface area contributed by atoms with Crippen LogP contribution in [0.3, 0.4) is 0 Å². The zero-order valence-electron chi connectivity index (χ0n) is 10.3. The summed E-state index contributed by atoms with van der Waals surface area (Å²) in [6.07, 6.45) is 0. The van der Waals surface area contributed by atoms with Crippen molar-refractivity contribution in [1.29, 1.82) is 0 Å². The highest BCUT2D eigenvalue weighted by Gasteiger charge is 2.41. The number of fused-ring (bicyclic) bond motifs is 1. The molecule has 1 aromatic heterocycles. The number of hydrogen-bond donors (Lipinski definition) is 1. The number of benzene rings is 1. The van der Waals surface area contributed by atoms with Crippen molar-refractivity contribution in [2.75, 3.05) is 5.73 Å². The van der Waals surface area contributed by atoms with Crippen LogP contribution in [0.2, 0.25) is 0 Å². The molecule has 106 valence electrons. The molecule has 0 radical (unpaired) electrons. The smallest absolute Gasteiger partial charge is 0.282 e. The summed E-state index contributed by atoms with van der Waals surface area (Å²) in [6, 6.07) is 3.93. The van der Waals surface area contributed by atoms with E-state index in [0.717, 1.165) is 16.4 Å². The molecule has 0 aliphatic carbocycles. The van der Waals surface area contributed by atoms with Crippen LogP contribution >= 0.6 is 11.5 Å². The third kappa shape index (κ3) is 1.92. The van der Waals surface area contributed by atoms with Gasteiger partial charge in [0.2, 0.25) is 0 Å². The maximum atomic E-state index is 12.3. The lowest BCUT2D eigenvalue weighted by Gasteiger charge is -2.11. The lowest BCUT2D eigenvalue weighted by Crippen LogP contribution is -2.29. The van der Waals surface area contributed by atoms with Crippen LogP contribution in [-0.4, -0.2) is 31.2 Å². The van der Waals surface area contributed by atoms with Gasteiger partial charge in [-0.25, -0.2) is 0 Å². The Bertz CT molecular complexity index is 787. The summed E-state index contributed by atoms with van der Waals surface area (Å²) >= 11 is 0.941. The third-order valence-electron chi connectivity index (χ3n) is 3.07. The molecule has 10 heteroatoms. The van der Waals surface area contributed by atoms with Gasteiger partial charge in [-0.2, -0.15) is 0 Å². The molecule has 2 aromatic rings. The Hall–Kier alpha value is -2.88. The van der Waals surface area contributed by atoms with Crippen LogP contribution in [0.4, 0.5) is 10.7 Å². The van der Waals surface area contributed by atoms with E-state index >= 15 is 0 Å². The number of carbonyl (C=O) groups excluding carboxylic acids is 2. The molecule has 0 atom stereocenters. The Labute approximate surface area is 121 Å². The maximum absolute atomic E-state index is 12.3. The second-order valence-corrected chi connectivity index (χ2v) is 5.02. The van der Waals surface area contributed by atoms with Crippen molar-refractivity contribution in [3.05, 3.63) is 45.1 Å². The normalized spacial score (nSPS) is 13.6. The fourth-order valence-corrected chi connectivity index (χ4v) is 2.52. The molecule has 1 aliphatic heterocycles. The molecular formula is C11H7N5O4S. The highest BCUT2D eigenvalue weighted by Crippen LogP contribution is 2.32. The maximum Gasteiger partial charge on any atom is 0.282 e. The molecule has 1 aliphatic rings. The minimum Gasteiger partial charge on any atom is -0.388 e. The molecule has 0 fully saturated rings. The number of nitrogens with two attached hydrogens (primary N) is 1. The van der Waals surface area contributed by atoms with Gasteiger partial charge in [-0.15, -0.1) is 5.10 Å². The average Bonchev–Trinajstić information content (AvgIpc) is 2.96. The first-order valence-electron chi connectivity index (χ1n) is 5.71. The lowest BCUT2D eigenvalue weighted by atomic mass is 10.1. The van der Waals surface area contributed by atoms with E-state index in [2.05, 4.69) is 9.59 Å². The van der Waals surface area contributed by atoms with Crippen LogP contribution in [-0.2, 0) is 6.54 Å². The average molecular weight is 305 g/mol. The minimum atomic E-state index is -0.727. The fraction of sp³-hybridized carbons (Fsp3) is 0.0909. The summed E-state index contributed by atoms with van der Waals surface area (Å²) in [5.74, 6) is -1.33. The van der Waals surface area contributed by atoms with Crippen molar-refractivity contribution in [3.8, 4) is 0 Å². The molecule has 2 N–H and O–H groups in total. The van der Waals surface area contributed by atoms with Crippen molar-refractivity contribution >= 4 is 34.0 Å². The van der Waals surface area contributed by atoms with Crippen molar-refractivity contribution in [3.63, 3.8) is 0 Å². The van der Waals surface area contributed by atoms with Gasteiger partial charge in [-0.05, 0) is 6.07 Å². The van der Waals surface area contributed by atoms with E-state index in [-0.39, 0.29) is 23.4 Å². The standard InChI is InChI=1S/C11H7N5O4S/c12-9-6(13-14-21-9)4-15-10(17)5-2-1-3-7(16(19)20)8(5)11(15)18/h1-3H,4,12H2. The van der Waals surface area contributed by atoms with Gasteiger partial charge in [0, 0.05) is 17.6 Å². The van der Waals surface area contributed by atoms with Gasteiger partial charge in [0.25, 0.3) is 17.5 Å². The van der Waals surface area contributed by atoms with E-state index in [1.165, 1.54) is 18.2 Å². The molecule has 3 rings (SSSR count). The van der Waals surface area contributed by atoms with E-state index in [0.29, 0.717) is 5.00 Å². The van der Waals surface area contributed by atoms with Gasteiger partial charge in [0.05, 0.1) is 17.0 Å². The zero-order valence-corrected chi connectivity index (χ0v) is 11.2. The predicted molar refractivity (Wildman–Crippen MR) is 71.6 cm³/mol. The second kappa shape index (κ2) is 4.59. The summed E-state index contributed by atoms with van der Waals surface area (Å²) in [5.41, 5.74) is 5.34. The van der Waals surface area contributed by atoms with Gasteiger partial charge >= 0.3 is 0 Å². The molecule has 1 aromatic carbocycles. The first kappa shape index (κ1) is 13.1. The van der Waals surface area contributed by atoms with Crippen LogP contribution in [0.15, 0.2) is 18.2 Å². The van der Waals surface area contributed by atoms with Crippen molar-refractivity contribution in [1.82, 2.24) is 14.5 Å². The molecule has 21 heavy (non-hydrogen) atoms. The van der Waals surface area contributed by atoms with Gasteiger partial charge in [-0.1, -0.05) is 10.6 Å². The van der Waals surface area contributed by atoms with E-state index in [1.807, 2.05) is 0 Å². The first-order valence-corrected chi connectivity index (χ1v) is 6.48. The quantitative estimate of drug-likeness (QED) is 0.504. The number of nitro benzene ring substituents is 1. The largest absolute Gasteiger partial charge is 0.388 e. The SMILES string of the molecule is Nc1snnc1CN1C(=O)c2cccc([N+](=O)[O-])c2C1=O. The number of aromatic nitrogens is 2. The molecule has 0 saturated carbocycles. The van der Waals surface area contributed by atoms with Crippen LogP contribution in [0.25, 0.3) is 0 Å². The zero-order chi connectivity index (χ0) is 15.1. The molecule has 0 spiro atoms. The number of amides is 2. The number of nitro groups is 1. The summed E-state index contributed by atoms with van der Waals surface area (Å²) in [4.78, 5) is 35.7. The number of hydrogen-bond acceptors (Lipinski definition) is 8. The molecule has 0 bridgehead atoms. The summed E-state index contributed by atoms with van der Waals surface area (Å²) in [7, 11) is 0. The number of imide groups is 1. The van der Waals surface area contributed by atoms with Gasteiger partial charge in [0.1, 0.15) is 16.3 Å². The molecule has 0 unspecified atom stereocenters. The van der Waals surface area contributed by atoms with Crippen LogP contribution in [0.1, 0.15) is 26.4 Å². The summed E-state index contributed by atoms with van der Waals surface area (Å²) < 4.78 is 3.62. The highest BCUT2D eigenvalue weighted by molar-refractivity contribution is 7.09. The van der Waals surface area contributed by atoms with Gasteiger partial charge in [-0.3, -0.25) is 24.6 Å². The topological polar surface area (TPSA) is 132 Å². The molecular weight excluding hydrogens is 298 g/mol. The first-order chi connectivity index (χ1) is 10.0. The number of rotatable bonds is 3. The lowest BCUT2D eigenvalue weighted by molar-refractivity contribution is -0.385. The molecule has 2 amide bonds. The minimum absolute atomic E-state index is 0.0101. The Morgan fingerprint density at radius 2 is 2.10 bits per heavy atom. The summed E-state index contributed by atoms with van der Waals surface area (Å²) in [6.45, 7) is -0.161. The van der Waals surface area contributed by atoms with Gasteiger partial charge in [0.15, 0.2) is 0 Å². The van der Waals surface area contributed by atoms with Crippen molar-refractivity contribution < 1.29 is 14.5 Å². The predicted octanol–water partition coefficient (Wildman–Crippen LogP) is 0.825. The Morgan fingerprint density at radius 3 is 2.71 bits per heavy atom.